The Bertz CT molecular complexity index is 1540. The molecule has 37 heavy (non-hydrogen) atoms. The van der Waals surface area contributed by atoms with Crippen LogP contribution in [0.1, 0.15) is 50.2 Å². The first-order valence-corrected chi connectivity index (χ1v) is 14.8. The molecule has 1 heterocycles. The van der Waals surface area contributed by atoms with Gasteiger partial charge >= 0.3 is 0 Å². The zero-order valence-electron chi connectivity index (χ0n) is 20.8. The van der Waals surface area contributed by atoms with Gasteiger partial charge in [-0.25, -0.2) is 12.7 Å². The average Bonchev–Trinajstić information content (AvgIpc) is 3.46. The summed E-state index contributed by atoms with van der Waals surface area (Å²) in [6.07, 6.45) is 4.78. The number of ether oxygens (including phenoxy) is 1. The third-order valence-corrected chi connectivity index (χ3v) is 10.6. The van der Waals surface area contributed by atoms with E-state index in [0.717, 1.165) is 56.9 Å². The van der Waals surface area contributed by atoms with Crippen LogP contribution >= 0.6 is 15.9 Å². The van der Waals surface area contributed by atoms with Gasteiger partial charge in [-0.1, -0.05) is 59.1 Å². The van der Waals surface area contributed by atoms with Gasteiger partial charge in [0.1, 0.15) is 5.75 Å². The van der Waals surface area contributed by atoms with Crippen molar-refractivity contribution < 1.29 is 17.9 Å². The van der Waals surface area contributed by atoms with Crippen LogP contribution in [-0.4, -0.2) is 21.4 Å². The van der Waals surface area contributed by atoms with Crippen LogP contribution in [0.2, 0.25) is 0 Å². The van der Waals surface area contributed by atoms with Crippen LogP contribution in [0, 0.1) is 10.8 Å². The Kier molecular flexibility index (Phi) is 5.66. The van der Waals surface area contributed by atoms with Crippen LogP contribution < -0.4 is 9.04 Å². The molecule has 0 bridgehead atoms. The number of halogens is 1. The number of rotatable bonds is 4. The van der Waals surface area contributed by atoms with Crippen molar-refractivity contribution in [3.63, 3.8) is 0 Å². The Morgan fingerprint density at radius 3 is 2.19 bits per heavy atom. The number of para-hydroxylation sites is 1. The van der Waals surface area contributed by atoms with Crippen molar-refractivity contribution in [2.45, 2.75) is 43.9 Å². The van der Waals surface area contributed by atoms with Crippen LogP contribution in [-0.2, 0) is 14.8 Å². The Morgan fingerprint density at radius 2 is 1.54 bits per heavy atom. The molecule has 0 saturated heterocycles. The number of hydrogen-bond donors (Lipinski definition) is 0. The summed E-state index contributed by atoms with van der Waals surface area (Å²) < 4.78 is 35.2. The monoisotopic (exact) mass is 577 g/mol. The number of nitrogens with zero attached hydrogens (tertiary/aromatic N) is 1. The van der Waals surface area contributed by atoms with Crippen LogP contribution in [0.4, 0.5) is 5.69 Å². The molecule has 1 amide bonds. The van der Waals surface area contributed by atoms with Crippen molar-refractivity contribution in [1.82, 2.24) is 0 Å². The summed E-state index contributed by atoms with van der Waals surface area (Å²) in [4.78, 5) is 14.6. The zero-order valence-corrected chi connectivity index (χ0v) is 23.2. The van der Waals surface area contributed by atoms with Crippen LogP contribution in [0.25, 0.3) is 11.1 Å². The van der Waals surface area contributed by atoms with Gasteiger partial charge in [-0.05, 0) is 90.8 Å². The minimum absolute atomic E-state index is 0.0961. The van der Waals surface area contributed by atoms with E-state index in [1.54, 1.807) is 43.5 Å². The first-order chi connectivity index (χ1) is 17.7. The smallest absolute Gasteiger partial charge is 0.270 e. The maximum Gasteiger partial charge on any atom is 0.270 e. The van der Waals surface area contributed by atoms with Crippen LogP contribution in [0.5, 0.6) is 5.75 Å². The standard InChI is InChI=1S/C30H28BrNO4S/c1-29-19-30(17-5-6-18-30)26(20-9-13-22(36-2)14-10-20)27(29)24-7-3-4-8-25(24)32(28(29)33)37(34,35)23-15-11-21(31)12-16-23/h3-4,7-16H,5-6,17-19H2,1-2H3. The second-order valence-corrected chi connectivity index (χ2v) is 13.2. The molecule has 1 aliphatic heterocycles. The predicted octanol–water partition coefficient (Wildman–Crippen LogP) is 7.07. The first-order valence-electron chi connectivity index (χ1n) is 12.6. The number of anilines is 1. The van der Waals surface area contributed by atoms with Crippen molar-refractivity contribution in [2.24, 2.45) is 10.8 Å². The molecular formula is C30H28BrNO4S. The molecule has 2 aliphatic carbocycles. The molecule has 3 aromatic carbocycles. The summed E-state index contributed by atoms with van der Waals surface area (Å²) in [5, 5.41) is 0. The minimum atomic E-state index is -4.12. The second kappa shape index (κ2) is 8.57. The minimum Gasteiger partial charge on any atom is -0.497 e. The molecule has 0 N–H and O–H groups in total. The summed E-state index contributed by atoms with van der Waals surface area (Å²) in [5.41, 5.74) is 3.35. The third-order valence-electron chi connectivity index (χ3n) is 8.36. The van der Waals surface area contributed by atoms with Gasteiger partial charge in [0.2, 0.25) is 0 Å². The molecule has 7 heteroatoms. The van der Waals surface area contributed by atoms with E-state index in [4.69, 9.17) is 4.74 Å². The molecule has 3 aromatic rings. The van der Waals surface area contributed by atoms with E-state index in [1.807, 2.05) is 31.2 Å². The number of benzene rings is 3. The molecule has 190 valence electrons. The lowest BCUT2D eigenvalue weighted by atomic mass is 9.72. The topological polar surface area (TPSA) is 63.7 Å². The highest BCUT2D eigenvalue weighted by molar-refractivity contribution is 9.10. The highest BCUT2D eigenvalue weighted by Crippen LogP contribution is 2.68. The van der Waals surface area contributed by atoms with Gasteiger partial charge in [0.25, 0.3) is 15.9 Å². The lowest BCUT2D eigenvalue weighted by Gasteiger charge is -2.40. The first kappa shape index (κ1) is 24.4. The van der Waals surface area contributed by atoms with E-state index >= 15 is 0 Å². The van der Waals surface area contributed by atoms with E-state index in [-0.39, 0.29) is 16.2 Å². The van der Waals surface area contributed by atoms with E-state index < -0.39 is 15.4 Å². The van der Waals surface area contributed by atoms with Crippen molar-refractivity contribution in [3.05, 3.63) is 88.4 Å². The molecule has 3 aliphatic rings. The number of sulfonamides is 1. The van der Waals surface area contributed by atoms with Crippen molar-refractivity contribution in [1.29, 1.82) is 0 Å². The van der Waals surface area contributed by atoms with E-state index in [9.17, 15) is 13.2 Å². The summed E-state index contributed by atoms with van der Waals surface area (Å²) in [7, 11) is -2.47. The van der Waals surface area contributed by atoms with Gasteiger partial charge in [0.15, 0.2) is 0 Å². The summed E-state index contributed by atoms with van der Waals surface area (Å²) in [6, 6.07) is 22.0. The normalized spacial score (nSPS) is 22.4. The fourth-order valence-corrected chi connectivity index (χ4v) is 8.64. The number of carbonyl (C=O) groups is 1. The van der Waals surface area contributed by atoms with Gasteiger partial charge in [-0.15, -0.1) is 0 Å². The number of amides is 1. The van der Waals surface area contributed by atoms with E-state index in [2.05, 4.69) is 28.1 Å². The van der Waals surface area contributed by atoms with E-state index in [0.29, 0.717) is 12.1 Å². The van der Waals surface area contributed by atoms with Gasteiger partial charge in [-0.3, -0.25) is 4.79 Å². The van der Waals surface area contributed by atoms with Crippen molar-refractivity contribution >= 4 is 48.7 Å². The number of allylic oxidation sites excluding steroid dienone is 1. The Hall–Kier alpha value is -2.90. The molecule has 1 atom stereocenters. The summed E-state index contributed by atoms with van der Waals surface area (Å²) >= 11 is 3.37. The fraction of sp³-hybridized carbons (Fsp3) is 0.300. The van der Waals surface area contributed by atoms with Gasteiger partial charge < -0.3 is 4.74 Å². The van der Waals surface area contributed by atoms with Crippen LogP contribution in [0.15, 0.2) is 82.2 Å². The molecule has 0 aromatic heterocycles. The molecule has 5 nitrogen and oxygen atoms in total. The number of fused-ring (bicyclic) bond motifs is 3. The maximum absolute atomic E-state index is 14.5. The Balaban J connectivity index is 1.62. The Morgan fingerprint density at radius 1 is 0.892 bits per heavy atom. The summed E-state index contributed by atoms with van der Waals surface area (Å²) in [5.74, 6) is 0.404. The van der Waals surface area contributed by atoms with Crippen molar-refractivity contribution in [3.8, 4) is 5.75 Å². The largest absolute Gasteiger partial charge is 0.497 e. The molecule has 1 unspecified atom stereocenters. The quantitative estimate of drug-likeness (QED) is 0.332. The average molecular weight is 579 g/mol. The summed E-state index contributed by atoms with van der Waals surface area (Å²) in [6.45, 7) is 1.95. The van der Waals surface area contributed by atoms with Gasteiger partial charge in [-0.2, -0.15) is 0 Å². The van der Waals surface area contributed by atoms with Gasteiger partial charge in [0.05, 0.1) is 23.1 Å². The van der Waals surface area contributed by atoms with Crippen LogP contribution in [0.3, 0.4) is 0 Å². The molecule has 1 saturated carbocycles. The van der Waals surface area contributed by atoms with Gasteiger partial charge in [0, 0.05) is 10.0 Å². The Labute approximate surface area is 226 Å². The SMILES string of the molecule is COc1ccc(C2=C3c4ccccc4N(S(=O)(=O)c4ccc(Br)cc4)C(=O)C3(C)CC23CCCC3)cc1. The fourth-order valence-electron chi connectivity index (χ4n) is 6.84. The predicted molar refractivity (Wildman–Crippen MR) is 149 cm³/mol. The zero-order chi connectivity index (χ0) is 26.0. The third kappa shape index (κ3) is 3.54. The molecule has 1 spiro atoms. The van der Waals surface area contributed by atoms with Crippen molar-refractivity contribution in [2.75, 3.05) is 11.4 Å². The molecule has 1 fully saturated rings. The highest BCUT2D eigenvalue weighted by Gasteiger charge is 2.61. The van der Waals surface area contributed by atoms with E-state index in [1.165, 1.54) is 5.57 Å². The maximum atomic E-state index is 14.5. The molecule has 6 rings (SSSR count). The lowest BCUT2D eigenvalue weighted by molar-refractivity contribution is -0.124. The lowest BCUT2D eigenvalue weighted by Crippen LogP contribution is -2.49. The molecular weight excluding hydrogens is 550 g/mol. The number of methoxy groups -OCH3 is 1. The number of hydrogen-bond acceptors (Lipinski definition) is 4. The molecule has 0 radical (unpaired) electrons. The highest BCUT2D eigenvalue weighted by atomic mass is 79.9. The number of carbonyl (C=O) groups excluding carboxylic acids is 1. The second-order valence-electron chi connectivity index (χ2n) is 10.5.